The first-order chi connectivity index (χ1) is 15.1. The number of hydrogen-bond donors (Lipinski definition) is 4. The highest BCUT2D eigenvalue weighted by molar-refractivity contribution is 8.00. The van der Waals surface area contributed by atoms with E-state index in [2.05, 4.69) is 23.3 Å². The number of nitrogens with zero attached hydrogens (tertiary/aromatic N) is 1. The summed E-state index contributed by atoms with van der Waals surface area (Å²) >= 11 is 5.69. The van der Waals surface area contributed by atoms with Crippen LogP contribution in [0.1, 0.15) is 12.5 Å². The summed E-state index contributed by atoms with van der Waals surface area (Å²) in [6.07, 6.45) is 0. The summed E-state index contributed by atoms with van der Waals surface area (Å²) in [7, 11) is 0. The van der Waals surface area contributed by atoms with E-state index in [0.717, 1.165) is 27.5 Å². The lowest BCUT2D eigenvalue weighted by Gasteiger charge is -2.17. The standard InChI is InChI=1S/C24H28N4OS2/c1-17(23(29)27-14-18-8-4-2-5-9-18)31-24-22(26-15-20(25)16-30)13-12-21(28-24)19-10-6-3-7-11-19/h2-13,17,20,26,30H,14-16,25H2,1H3,(H,27,29)/t17-,20?/m0/s1. The Bertz CT molecular complexity index is 970. The van der Waals surface area contributed by atoms with Gasteiger partial charge in [0, 0.05) is 30.4 Å². The molecule has 1 amide bonds. The van der Waals surface area contributed by atoms with Gasteiger partial charge in [-0.2, -0.15) is 12.6 Å². The summed E-state index contributed by atoms with van der Waals surface area (Å²) in [6, 6.07) is 23.8. The molecule has 2 atom stereocenters. The van der Waals surface area contributed by atoms with E-state index in [-0.39, 0.29) is 17.2 Å². The molecule has 0 spiro atoms. The number of rotatable bonds is 10. The van der Waals surface area contributed by atoms with Crippen LogP contribution in [0.2, 0.25) is 0 Å². The van der Waals surface area contributed by atoms with E-state index in [4.69, 9.17) is 10.7 Å². The average molecular weight is 453 g/mol. The molecule has 3 rings (SSSR count). The van der Waals surface area contributed by atoms with Crippen LogP contribution < -0.4 is 16.4 Å². The van der Waals surface area contributed by atoms with Crippen LogP contribution in [0.3, 0.4) is 0 Å². The Balaban J connectivity index is 1.74. The van der Waals surface area contributed by atoms with Gasteiger partial charge in [-0.25, -0.2) is 4.98 Å². The molecule has 7 heteroatoms. The van der Waals surface area contributed by atoms with Crippen LogP contribution in [0.5, 0.6) is 0 Å². The highest BCUT2D eigenvalue weighted by atomic mass is 32.2. The Kier molecular flexibility index (Phi) is 8.82. The molecule has 4 N–H and O–H groups in total. The molecular weight excluding hydrogens is 424 g/mol. The predicted molar refractivity (Wildman–Crippen MR) is 134 cm³/mol. The third-order valence-electron chi connectivity index (χ3n) is 4.69. The fourth-order valence-corrected chi connectivity index (χ4v) is 3.96. The van der Waals surface area contributed by atoms with Crippen LogP contribution in [0, 0.1) is 0 Å². The van der Waals surface area contributed by atoms with Crippen molar-refractivity contribution in [2.24, 2.45) is 5.73 Å². The van der Waals surface area contributed by atoms with Crippen LogP contribution in [-0.4, -0.2) is 34.5 Å². The van der Waals surface area contributed by atoms with Gasteiger partial charge in [0.25, 0.3) is 0 Å². The smallest absolute Gasteiger partial charge is 0.233 e. The molecule has 0 saturated heterocycles. The molecule has 0 saturated carbocycles. The fraction of sp³-hybridized carbons (Fsp3) is 0.250. The van der Waals surface area contributed by atoms with E-state index < -0.39 is 0 Å². The number of thiol groups is 1. The van der Waals surface area contributed by atoms with E-state index in [0.29, 0.717) is 18.8 Å². The zero-order chi connectivity index (χ0) is 22.1. The number of pyridine rings is 1. The van der Waals surface area contributed by atoms with E-state index >= 15 is 0 Å². The lowest BCUT2D eigenvalue weighted by atomic mass is 10.1. The minimum Gasteiger partial charge on any atom is -0.381 e. The minimum absolute atomic E-state index is 0.0289. The zero-order valence-corrected chi connectivity index (χ0v) is 19.2. The maximum absolute atomic E-state index is 12.7. The molecular formula is C24H28N4OS2. The van der Waals surface area contributed by atoms with Crippen LogP contribution in [0.4, 0.5) is 5.69 Å². The zero-order valence-electron chi connectivity index (χ0n) is 17.5. The van der Waals surface area contributed by atoms with Gasteiger partial charge in [-0.3, -0.25) is 4.79 Å². The number of hydrogen-bond acceptors (Lipinski definition) is 6. The molecule has 5 nitrogen and oxygen atoms in total. The number of aromatic nitrogens is 1. The molecule has 0 radical (unpaired) electrons. The molecule has 1 heterocycles. The summed E-state index contributed by atoms with van der Waals surface area (Å²) in [4.78, 5) is 17.5. The Morgan fingerprint density at radius 3 is 2.42 bits per heavy atom. The van der Waals surface area contributed by atoms with E-state index in [1.54, 1.807) is 0 Å². The maximum atomic E-state index is 12.7. The van der Waals surface area contributed by atoms with Crippen molar-refractivity contribution in [3.8, 4) is 11.3 Å². The van der Waals surface area contributed by atoms with E-state index in [1.807, 2.05) is 79.7 Å². The van der Waals surface area contributed by atoms with Gasteiger partial charge in [0.05, 0.1) is 16.6 Å². The van der Waals surface area contributed by atoms with Crippen LogP contribution in [0.15, 0.2) is 77.8 Å². The van der Waals surface area contributed by atoms with Crippen LogP contribution >= 0.6 is 24.4 Å². The van der Waals surface area contributed by atoms with Crippen molar-refractivity contribution in [3.05, 3.63) is 78.4 Å². The first kappa shape index (κ1) is 23.2. The maximum Gasteiger partial charge on any atom is 0.233 e. The van der Waals surface area contributed by atoms with Gasteiger partial charge >= 0.3 is 0 Å². The Hall–Kier alpha value is -2.48. The number of nitrogens with two attached hydrogens (primary N) is 1. The third kappa shape index (κ3) is 7.02. The van der Waals surface area contributed by atoms with Gasteiger partial charge in [-0.05, 0) is 24.6 Å². The second kappa shape index (κ2) is 11.8. The summed E-state index contributed by atoms with van der Waals surface area (Å²) < 4.78 is 0. The second-order valence-corrected chi connectivity index (χ2v) is 8.90. The summed E-state index contributed by atoms with van der Waals surface area (Å²) in [5.74, 6) is 0.558. The highest BCUT2D eigenvalue weighted by Gasteiger charge is 2.18. The molecule has 31 heavy (non-hydrogen) atoms. The van der Waals surface area contributed by atoms with Gasteiger partial charge in [0.1, 0.15) is 5.03 Å². The lowest BCUT2D eigenvalue weighted by molar-refractivity contribution is -0.120. The average Bonchev–Trinajstić information content (AvgIpc) is 2.82. The van der Waals surface area contributed by atoms with Crippen molar-refractivity contribution in [3.63, 3.8) is 0 Å². The quantitative estimate of drug-likeness (QED) is 0.274. The van der Waals surface area contributed by atoms with E-state index in [1.165, 1.54) is 11.8 Å². The number of thioether (sulfide) groups is 1. The molecule has 1 aromatic heterocycles. The van der Waals surface area contributed by atoms with E-state index in [9.17, 15) is 4.79 Å². The number of benzene rings is 2. The number of carbonyl (C=O) groups excluding carboxylic acids is 1. The topological polar surface area (TPSA) is 80.0 Å². The normalized spacial score (nSPS) is 12.7. The molecule has 0 aliphatic rings. The molecule has 162 valence electrons. The Morgan fingerprint density at radius 2 is 1.74 bits per heavy atom. The number of anilines is 1. The highest BCUT2D eigenvalue weighted by Crippen LogP contribution is 2.31. The first-order valence-corrected chi connectivity index (χ1v) is 11.7. The van der Waals surface area contributed by atoms with Crippen molar-refractivity contribution in [1.29, 1.82) is 0 Å². The van der Waals surface area contributed by atoms with Gasteiger partial charge in [0.15, 0.2) is 0 Å². The van der Waals surface area contributed by atoms with Gasteiger partial charge in [-0.1, -0.05) is 72.4 Å². The molecule has 0 aliphatic heterocycles. The summed E-state index contributed by atoms with van der Waals surface area (Å²) in [6.45, 7) is 2.98. The Morgan fingerprint density at radius 1 is 1.06 bits per heavy atom. The second-order valence-electron chi connectivity index (χ2n) is 7.20. The SMILES string of the molecule is C[C@H](Sc1nc(-c2ccccc2)ccc1NCC(N)CS)C(=O)NCc1ccccc1. The van der Waals surface area contributed by atoms with Gasteiger partial charge in [0.2, 0.25) is 5.91 Å². The van der Waals surface area contributed by atoms with Gasteiger partial charge < -0.3 is 16.4 Å². The van der Waals surface area contributed by atoms with Crippen molar-refractivity contribution < 1.29 is 4.79 Å². The first-order valence-electron chi connectivity index (χ1n) is 10.2. The summed E-state index contributed by atoms with van der Waals surface area (Å²) in [5.41, 5.74) is 9.84. The number of amides is 1. The van der Waals surface area contributed by atoms with Crippen molar-refractivity contribution in [2.75, 3.05) is 17.6 Å². The minimum atomic E-state index is -0.304. The molecule has 1 unspecified atom stereocenters. The fourth-order valence-electron chi connectivity index (χ4n) is 2.89. The van der Waals surface area contributed by atoms with Crippen molar-refractivity contribution in [2.45, 2.75) is 29.8 Å². The molecule has 0 bridgehead atoms. The number of carbonyl (C=O) groups is 1. The van der Waals surface area contributed by atoms with Crippen LogP contribution in [-0.2, 0) is 11.3 Å². The van der Waals surface area contributed by atoms with Crippen LogP contribution in [0.25, 0.3) is 11.3 Å². The monoisotopic (exact) mass is 452 g/mol. The number of nitrogens with one attached hydrogen (secondary N) is 2. The third-order valence-corrected chi connectivity index (χ3v) is 6.26. The van der Waals surface area contributed by atoms with Crippen molar-refractivity contribution in [1.82, 2.24) is 10.3 Å². The van der Waals surface area contributed by atoms with Crippen molar-refractivity contribution >= 4 is 36.0 Å². The predicted octanol–water partition coefficient (Wildman–Crippen LogP) is 4.21. The molecule has 0 fully saturated rings. The molecule has 3 aromatic rings. The largest absolute Gasteiger partial charge is 0.381 e. The molecule has 2 aromatic carbocycles. The lowest BCUT2D eigenvalue weighted by Crippen LogP contribution is -2.31. The van der Waals surface area contributed by atoms with Gasteiger partial charge in [-0.15, -0.1) is 0 Å². The molecule has 0 aliphatic carbocycles. The summed E-state index contributed by atoms with van der Waals surface area (Å²) in [5, 5.41) is 6.83. The Labute approximate surface area is 193 Å².